The van der Waals surface area contributed by atoms with Crippen molar-refractivity contribution >= 4 is 29.1 Å². The van der Waals surface area contributed by atoms with Crippen LogP contribution in [0.1, 0.15) is 21.6 Å². The number of aryl methyl sites for hydroxylation is 1. The predicted molar refractivity (Wildman–Crippen MR) is 97.7 cm³/mol. The van der Waals surface area contributed by atoms with E-state index in [-0.39, 0.29) is 5.91 Å². The Balaban J connectivity index is 1.62. The number of pyridine rings is 1. The third kappa shape index (κ3) is 4.51. The van der Waals surface area contributed by atoms with E-state index in [0.29, 0.717) is 28.8 Å². The van der Waals surface area contributed by atoms with E-state index in [1.807, 2.05) is 25.1 Å². The van der Waals surface area contributed by atoms with E-state index in [0.717, 1.165) is 11.3 Å². The first kappa shape index (κ1) is 16.9. The minimum absolute atomic E-state index is 0.276. The van der Waals surface area contributed by atoms with Crippen LogP contribution in [0.15, 0.2) is 55.0 Å². The molecule has 3 rings (SSSR count). The summed E-state index contributed by atoms with van der Waals surface area (Å²) in [5.74, 6) is 0.159. The van der Waals surface area contributed by atoms with Crippen molar-refractivity contribution in [3.05, 3.63) is 76.8 Å². The molecule has 0 bridgehead atoms. The van der Waals surface area contributed by atoms with Crippen LogP contribution in [0.3, 0.4) is 0 Å². The van der Waals surface area contributed by atoms with Gasteiger partial charge in [0, 0.05) is 29.3 Å². The number of nitrogens with zero attached hydrogens (tertiary/aromatic N) is 3. The number of carbonyl (C=O) groups excluding carboxylic acids is 1. The van der Waals surface area contributed by atoms with Crippen molar-refractivity contribution in [2.24, 2.45) is 0 Å². The van der Waals surface area contributed by atoms with Gasteiger partial charge in [0.25, 0.3) is 5.91 Å². The van der Waals surface area contributed by atoms with Gasteiger partial charge in [-0.15, -0.1) is 0 Å². The first-order valence-corrected chi connectivity index (χ1v) is 8.03. The van der Waals surface area contributed by atoms with Crippen molar-refractivity contribution in [1.82, 2.24) is 15.0 Å². The van der Waals surface area contributed by atoms with Crippen molar-refractivity contribution < 1.29 is 4.79 Å². The molecule has 0 saturated heterocycles. The molecule has 7 heteroatoms. The summed E-state index contributed by atoms with van der Waals surface area (Å²) in [5, 5.41) is 6.51. The number of halogens is 1. The number of nitrogens with one attached hydrogen (secondary N) is 2. The molecule has 1 amide bonds. The Hall–Kier alpha value is -2.99. The fraction of sp³-hybridized carbons (Fsp3) is 0.111. The summed E-state index contributed by atoms with van der Waals surface area (Å²) < 4.78 is 0. The monoisotopic (exact) mass is 353 g/mol. The zero-order valence-corrected chi connectivity index (χ0v) is 14.3. The highest BCUT2D eigenvalue weighted by Gasteiger charge is 2.09. The van der Waals surface area contributed by atoms with E-state index in [1.54, 1.807) is 24.4 Å². The number of hydrogen-bond acceptors (Lipinski definition) is 5. The van der Waals surface area contributed by atoms with Gasteiger partial charge in [0.1, 0.15) is 0 Å². The summed E-state index contributed by atoms with van der Waals surface area (Å²) in [6.45, 7) is 2.39. The standard InChI is InChI=1S/C18H16ClN5O/c1-12-8-14(19)5-6-16(12)24-17(25)13-9-21-18(22-10-13)23-11-15-4-2-3-7-20-15/h2-10H,11H2,1H3,(H,24,25)(H,21,22,23). The highest BCUT2D eigenvalue weighted by molar-refractivity contribution is 6.30. The molecule has 0 fully saturated rings. The van der Waals surface area contributed by atoms with Crippen LogP contribution in [-0.2, 0) is 6.54 Å². The minimum Gasteiger partial charge on any atom is -0.349 e. The number of rotatable bonds is 5. The quantitative estimate of drug-likeness (QED) is 0.731. The average Bonchev–Trinajstić information content (AvgIpc) is 2.63. The summed E-state index contributed by atoms with van der Waals surface area (Å²) in [6, 6.07) is 11.0. The van der Waals surface area contributed by atoms with E-state index in [4.69, 9.17) is 11.6 Å². The Bertz CT molecular complexity index is 868. The SMILES string of the molecule is Cc1cc(Cl)ccc1NC(=O)c1cnc(NCc2ccccn2)nc1. The normalized spacial score (nSPS) is 10.3. The Morgan fingerprint density at radius 1 is 1.12 bits per heavy atom. The van der Waals surface area contributed by atoms with E-state index in [2.05, 4.69) is 25.6 Å². The summed E-state index contributed by atoms with van der Waals surface area (Å²) in [7, 11) is 0. The largest absolute Gasteiger partial charge is 0.349 e. The third-order valence-corrected chi connectivity index (χ3v) is 3.74. The van der Waals surface area contributed by atoms with Gasteiger partial charge < -0.3 is 10.6 Å². The van der Waals surface area contributed by atoms with E-state index < -0.39 is 0 Å². The van der Waals surface area contributed by atoms with Crippen LogP contribution in [-0.4, -0.2) is 20.9 Å². The van der Waals surface area contributed by atoms with Gasteiger partial charge in [0.15, 0.2) is 0 Å². The number of anilines is 2. The van der Waals surface area contributed by atoms with Crippen LogP contribution < -0.4 is 10.6 Å². The first-order chi connectivity index (χ1) is 12.1. The molecule has 2 aromatic heterocycles. The van der Waals surface area contributed by atoms with Gasteiger partial charge in [-0.05, 0) is 42.8 Å². The van der Waals surface area contributed by atoms with Crippen molar-refractivity contribution in [2.75, 3.05) is 10.6 Å². The number of carbonyl (C=O) groups is 1. The van der Waals surface area contributed by atoms with Crippen molar-refractivity contribution in [2.45, 2.75) is 13.5 Å². The lowest BCUT2D eigenvalue weighted by Crippen LogP contribution is -2.14. The predicted octanol–water partition coefficient (Wildman–Crippen LogP) is 3.70. The number of amides is 1. The van der Waals surface area contributed by atoms with E-state index in [9.17, 15) is 4.79 Å². The average molecular weight is 354 g/mol. The van der Waals surface area contributed by atoms with E-state index in [1.165, 1.54) is 12.4 Å². The molecule has 2 N–H and O–H groups in total. The lowest BCUT2D eigenvalue weighted by atomic mass is 10.2. The molecule has 0 aliphatic rings. The highest BCUT2D eigenvalue weighted by Crippen LogP contribution is 2.20. The second-order valence-corrected chi connectivity index (χ2v) is 5.82. The van der Waals surface area contributed by atoms with Crippen molar-refractivity contribution in [3.63, 3.8) is 0 Å². The third-order valence-electron chi connectivity index (χ3n) is 3.50. The molecular weight excluding hydrogens is 338 g/mol. The maximum Gasteiger partial charge on any atom is 0.258 e. The molecule has 0 spiro atoms. The summed E-state index contributed by atoms with van der Waals surface area (Å²) in [5.41, 5.74) is 2.84. The van der Waals surface area contributed by atoms with Crippen LogP contribution in [0.2, 0.25) is 5.02 Å². The molecule has 0 atom stereocenters. The molecule has 6 nitrogen and oxygen atoms in total. The Kier molecular flexibility index (Phi) is 5.20. The fourth-order valence-electron chi connectivity index (χ4n) is 2.17. The molecule has 0 radical (unpaired) electrons. The summed E-state index contributed by atoms with van der Waals surface area (Å²) in [4.78, 5) is 24.8. The van der Waals surface area contributed by atoms with Crippen molar-refractivity contribution in [3.8, 4) is 0 Å². The second-order valence-electron chi connectivity index (χ2n) is 5.38. The van der Waals surface area contributed by atoms with Crippen LogP contribution in [0.4, 0.5) is 11.6 Å². The zero-order valence-electron chi connectivity index (χ0n) is 13.5. The maximum absolute atomic E-state index is 12.3. The van der Waals surface area contributed by atoms with Gasteiger partial charge in [-0.3, -0.25) is 9.78 Å². The minimum atomic E-state index is -0.276. The number of aromatic nitrogens is 3. The Morgan fingerprint density at radius 3 is 2.60 bits per heavy atom. The van der Waals surface area contributed by atoms with Gasteiger partial charge in [0.05, 0.1) is 17.8 Å². The number of hydrogen-bond donors (Lipinski definition) is 2. The fourth-order valence-corrected chi connectivity index (χ4v) is 2.40. The molecule has 2 heterocycles. The highest BCUT2D eigenvalue weighted by atomic mass is 35.5. The lowest BCUT2D eigenvalue weighted by Gasteiger charge is -2.09. The van der Waals surface area contributed by atoms with Gasteiger partial charge >= 0.3 is 0 Å². The first-order valence-electron chi connectivity index (χ1n) is 7.65. The van der Waals surface area contributed by atoms with Gasteiger partial charge in [-0.1, -0.05) is 17.7 Å². The van der Waals surface area contributed by atoms with Crippen molar-refractivity contribution in [1.29, 1.82) is 0 Å². The van der Waals surface area contributed by atoms with Gasteiger partial charge in [-0.2, -0.15) is 0 Å². The lowest BCUT2D eigenvalue weighted by molar-refractivity contribution is 0.102. The molecule has 1 aromatic carbocycles. The van der Waals surface area contributed by atoms with Gasteiger partial charge in [-0.25, -0.2) is 9.97 Å². The Labute approximate surface area is 150 Å². The Morgan fingerprint density at radius 2 is 1.92 bits per heavy atom. The molecule has 0 unspecified atom stereocenters. The maximum atomic E-state index is 12.3. The summed E-state index contributed by atoms with van der Waals surface area (Å²) >= 11 is 5.92. The molecule has 25 heavy (non-hydrogen) atoms. The molecule has 126 valence electrons. The zero-order chi connectivity index (χ0) is 17.6. The smallest absolute Gasteiger partial charge is 0.258 e. The second kappa shape index (κ2) is 7.72. The van der Waals surface area contributed by atoms with Crippen LogP contribution in [0.5, 0.6) is 0 Å². The van der Waals surface area contributed by atoms with Crippen LogP contribution in [0, 0.1) is 6.92 Å². The molecule has 3 aromatic rings. The topological polar surface area (TPSA) is 79.8 Å². The number of benzene rings is 1. The van der Waals surface area contributed by atoms with E-state index >= 15 is 0 Å². The molecule has 0 saturated carbocycles. The molecule has 0 aliphatic carbocycles. The molecular formula is C18H16ClN5O. The molecule has 0 aliphatic heterocycles. The van der Waals surface area contributed by atoms with Crippen LogP contribution in [0.25, 0.3) is 0 Å². The summed E-state index contributed by atoms with van der Waals surface area (Å²) in [6.07, 6.45) is 4.69. The van der Waals surface area contributed by atoms with Gasteiger partial charge in [0.2, 0.25) is 5.95 Å². The van der Waals surface area contributed by atoms with Crippen LogP contribution >= 0.6 is 11.6 Å².